The van der Waals surface area contributed by atoms with Gasteiger partial charge in [-0.2, -0.15) is 10.2 Å². The number of hydrogen-bond acceptors (Lipinski definition) is 5. The maximum absolute atomic E-state index is 12.1. The second-order valence-electron chi connectivity index (χ2n) is 9.05. The number of benzene rings is 1. The van der Waals surface area contributed by atoms with Gasteiger partial charge < -0.3 is 14.5 Å². The highest BCUT2D eigenvalue weighted by molar-refractivity contribution is 5.76. The lowest BCUT2D eigenvalue weighted by Crippen LogP contribution is -2.37. The van der Waals surface area contributed by atoms with Crippen LogP contribution < -0.4 is 4.90 Å². The third-order valence-corrected chi connectivity index (χ3v) is 6.94. The third kappa shape index (κ3) is 3.12. The molecule has 8 heteroatoms. The van der Waals surface area contributed by atoms with Crippen LogP contribution in [0.2, 0.25) is 0 Å². The zero-order chi connectivity index (χ0) is 21.8. The van der Waals surface area contributed by atoms with E-state index in [1.54, 1.807) is 6.92 Å². The number of rotatable bonds is 3. The van der Waals surface area contributed by atoms with Gasteiger partial charge in [-0.25, -0.2) is 0 Å². The van der Waals surface area contributed by atoms with Gasteiger partial charge in [0.15, 0.2) is 5.82 Å². The van der Waals surface area contributed by atoms with Crippen LogP contribution in [-0.2, 0) is 36.0 Å². The summed E-state index contributed by atoms with van der Waals surface area (Å²) < 4.78 is 9.48. The molecule has 0 aliphatic carbocycles. The van der Waals surface area contributed by atoms with E-state index >= 15 is 0 Å². The maximum atomic E-state index is 12.1. The fraction of sp³-hybridized carbons (Fsp3) is 0.458. The lowest BCUT2D eigenvalue weighted by atomic mass is 9.97. The topological polar surface area (TPSA) is 68.4 Å². The second-order valence-corrected chi connectivity index (χ2v) is 9.05. The lowest BCUT2D eigenvalue weighted by molar-refractivity contribution is -0.129. The van der Waals surface area contributed by atoms with Crippen molar-refractivity contribution in [1.29, 1.82) is 0 Å². The van der Waals surface area contributed by atoms with Crippen LogP contribution in [-0.4, -0.2) is 56.7 Å². The van der Waals surface area contributed by atoms with Gasteiger partial charge in [0.2, 0.25) is 5.91 Å². The first-order valence-corrected chi connectivity index (χ1v) is 11.4. The molecule has 2 aromatic heterocycles. The average Bonchev–Trinajstić information content (AvgIpc) is 3.35. The Morgan fingerprint density at radius 1 is 1.12 bits per heavy atom. The molecule has 3 aromatic rings. The first-order chi connectivity index (χ1) is 15.6. The minimum absolute atomic E-state index is 0.125. The Labute approximate surface area is 187 Å². The summed E-state index contributed by atoms with van der Waals surface area (Å²) in [5.74, 6) is 1.13. The summed E-state index contributed by atoms with van der Waals surface area (Å²) in [6.45, 7) is 5.41. The van der Waals surface area contributed by atoms with E-state index in [1.807, 2.05) is 22.8 Å². The van der Waals surface area contributed by atoms with Crippen LogP contribution in [0.1, 0.15) is 36.2 Å². The number of nitrogens with zero attached hydrogens (tertiary/aromatic N) is 6. The SMILES string of the molecule is CC(=O)N1CCc2c(c(N3CCCc4cc(-c5ccn(C)n5)ccc43)nn2C2COC2)C1. The van der Waals surface area contributed by atoms with Crippen LogP contribution in [0.4, 0.5) is 11.5 Å². The predicted molar refractivity (Wildman–Crippen MR) is 121 cm³/mol. The van der Waals surface area contributed by atoms with Gasteiger partial charge in [0.05, 0.1) is 31.5 Å². The van der Waals surface area contributed by atoms with Gasteiger partial charge in [-0.15, -0.1) is 0 Å². The number of carbonyl (C=O) groups is 1. The smallest absolute Gasteiger partial charge is 0.219 e. The molecule has 3 aliphatic rings. The van der Waals surface area contributed by atoms with Crippen molar-refractivity contribution in [3.63, 3.8) is 0 Å². The van der Waals surface area contributed by atoms with Crippen molar-refractivity contribution in [1.82, 2.24) is 24.5 Å². The molecule has 0 spiro atoms. The second kappa shape index (κ2) is 7.48. The first kappa shape index (κ1) is 19.5. The molecule has 32 heavy (non-hydrogen) atoms. The molecule has 3 aliphatic heterocycles. The standard InChI is InChI=1S/C24H28N6O2/c1-16(31)28-11-8-23-20(13-28)24(26-30(23)19-14-32-15-19)29-9-3-4-18-12-17(5-6-22(18)29)21-7-10-27(2)25-21/h5-7,10,12,19H,3-4,8-9,11,13-15H2,1-2H3. The number of aryl methyl sites for hydroxylation is 2. The number of fused-ring (bicyclic) bond motifs is 2. The number of carbonyl (C=O) groups excluding carboxylic acids is 1. The Balaban J connectivity index is 1.41. The zero-order valence-electron chi connectivity index (χ0n) is 18.6. The highest BCUT2D eigenvalue weighted by Gasteiger charge is 2.34. The molecule has 0 atom stereocenters. The summed E-state index contributed by atoms with van der Waals surface area (Å²) in [7, 11) is 1.95. The van der Waals surface area contributed by atoms with Crippen LogP contribution in [0.5, 0.6) is 0 Å². The highest BCUT2D eigenvalue weighted by atomic mass is 16.5. The van der Waals surface area contributed by atoms with Gasteiger partial charge in [0.25, 0.3) is 0 Å². The summed E-state index contributed by atoms with van der Waals surface area (Å²) in [4.78, 5) is 16.4. The summed E-state index contributed by atoms with van der Waals surface area (Å²) in [6.07, 6.45) is 4.94. The minimum atomic E-state index is 0.125. The largest absolute Gasteiger partial charge is 0.377 e. The molecule has 5 heterocycles. The van der Waals surface area contributed by atoms with Crippen molar-refractivity contribution in [2.24, 2.45) is 7.05 Å². The molecule has 1 saturated heterocycles. The van der Waals surface area contributed by atoms with E-state index in [1.165, 1.54) is 22.5 Å². The molecule has 0 radical (unpaired) electrons. The number of anilines is 2. The normalized spacial score (nSPS) is 18.3. The molecule has 8 nitrogen and oxygen atoms in total. The minimum Gasteiger partial charge on any atom is -0.377 e. The van der Waals surface area contributed by atoms with E-state index in [2.05, 4.69) is 38.9 Å². The molecule has 6 rings (SSSR count). The molecular formula is C24H28N6O2. The Bertz CT molecular complexity index is 1190. The highest BCUT2D eigenvalue weighted by Crippen LogP contribution is 2.40. The van der Waals surface area contributed by atoms with Crippen molar-refractivity contribution in [2.75, 3.05) is 31.2 Å². The van der Waals surface area contributed by atoms with Gasteiger partial charge in [-0.1, -0.05) is 6.07 Å². The van der Waals surface area contributed by atoms with Crippen LogP contribution >= 0.6 is 0 Å². The van der Waals surface area contributed by atoms with E-state index in [4.69, 9.17) is 9.84 Å². The summed E-state index contributed by atoms with van der Waals surface area (Å²) >= 11 is 0. The Hall–Kier alpha value is -3.13. The summed E-state index contributed by atoms with van der Waals surface area (Å²) in [6, 6.07) is 9.00. The number of aromatic nitrogens is 4. The number of ether oxygens (including phenoxy) is 1. The maximum Gasteiger partial charge on any atom is 0.219 e. The fourth-order valence-corrected chi connectivity index (χ4v) is 5.13. The van der Waals surface area contributed by atoms with Crippen molar-refractivity contribution in [3.05, 3.63) is 47.3 Å². The number of hydrogen-bond donors (Lipinski definition) is 0. The Morgan fingerprint density at radius 2 is 2.00 bits per heavy atom. The van der Waals surface area contributed by atoms with Gasteiger partial charge >= 0.3 is 0 Å². The molecule has 1 fully saturated rings. The molecule has 1 aromatic carbocycles. The summed E-state index contributed by atoms with van der Waals surface area (Å²) in [5, 5.41) is 9.69. The molecule has 0 bridgehead atoms. The van der Waals surface area contributed by atoms with Crippen molar-refractivity contribution in [3.8, 4) is 11.3 Å². The quantitative estimate of drug-likeness (QED) is 0.637. The van der Waals surface area contributed by atoms with Gasteiger partial charge in [0, 0.05) is 62.2 Å². The van der Waals surface area contributed by atoms with Crippen molar-refractivity contribution in [2.45, 2.75) is 38.8 Å². The molecule has 0 unspecified atom stereocenters. The van der Waals surface area contributed by atoms with Gasteiger partial charge in [-0.3, -0.25) is 14.2 Å². The zero-order valence-corrected chi connectivity index (χ0v) is 18.6. The lowest BCUT2D eigenvalue weighted by Gasteiger charge is -2.33. The van der Waals surface area contributed by atoms with E-state index in [0.29, 0.717) is 25.8 Å². The molecular weight excluding hydrogens is 404 g/mol. The van der Waals surface area contributed by atoms with Crippen LogP contribution in [0.3, 0.4) is 0 Å². The van der Waals surface area contributed by atoms with E-state index < -0.39 is 0 Å². The monoisotopic (exact) mass is 432 g/mol. The Kier molecular flexibility index (Phi) is 4.57. The average molecular weight is 433 g/mol. The van der Waals surface area contributed by atoms with Crippen molar-refractivity contribution < 1.29 is 9.53 Å². The summed E-state index contributed by atoms with van der Waals surface area (Å²) in [5.41, 5.74) is 7.15. The van der Waals surface area contributed by atoms with E-state index in [0.717, 1.165) is 49.4 Å². The first-order valence-electron chi connectivity index (χ1n) is 11.4. The van der Waals surface area contributed by atoms with E-state index in [9.17, 15) is 4.79 Å². The van der Waals surface area contributed by atoms with E-state index in [-0.39, 0.29) is 5.91 Å². The Morgan fingerprint density at radius 3 is 2.72 bits per heavy atom. The van der Waals surface area contributed by atoms with Crippen LogP contribution in [0.25, 0.3) is 11.3 Å². The number of amides is 1. The van der Waals surface area contributed by atoms with Crippen molar-refractivity contribution >= 4 is 17.4 Å². The van der Waals surface area contributed by atoms with Crippen LogP contribution in [0, 0.1) is 0 Å². The van der Waals surface area contributed by atoms with Gasteiger partial charge in [-0.05, 0) is 36.6 Å². The molecule has 0 saturated carbocycles. The molecule has 1 amide bonds. The fourth-order valence-electron chi connectivity index (χ4n) is 5.13. The third-order valence-electron chi connectivity index (χ3n) is 6.94. The molecule has 0 N–H and O–H groups in total. The molecule has 166 valence electrons. The van der Waals surface area contributed by atoms with Gasteiger partial charge in [0.1, 0.15) is 0 Å². The predicted octanol–water partition coefficient (Wildman–Crippen LogP) is 2.84. The van der Waals surface area contributed by atoms with Crippen LogP contribution in [0.15, 0.2) is 30.5 Å².